The first-order valence-electron chi connectivity index (χ1n) is 7.96. The van der Waals surface area contributed by atoms with Gasteiger partial charge in [0.05, 0.1) is 16.7 Å². The standard InChI is InChI=1S/C19H18N4S/c1-12(2)24-13-7-8-16-15(11-13)17(9-10-20-16)21-19-14-5-3-4-6-18(14)22-23-19/h3-12H,1-2H3,(H2,20,21,22,23). The van der Waals surface area contributed by atoms with Crippen molar-refractivity contribution in [2.24, 2.45) is 0 Å². The molecule has 0 amide bonds. The van der Waals surface area contributed by atoms with Crippen LogP contribution >= 0.6 is 11.8 Å². The van der Waals surface area contributed by atoms with E-state index in [9.17, 15) is 0 Å². The minimum Gasteiger partial charge on any atom is -0.338 e. The van der Waals surface area contributed by atoms with Gasteiger partial charge in [-0.25, -0.2) is 0 Å². The normalized spacial score (nSPS) is 11.5. The Kier molecular flexibility index (Phi) is 3.86. The molecule has 5 heteroatoms. The second-order valence-corrected chi connectivity index (χ2v) is 7.60. The van der Waals surface area contributed by atoms with E-state index in [4.69, 9.17) is 0 Å². The molecule has 2 heterocycles. The Bertz CT molecular complexity index is 1010. The molecular weight excluding hydrogens is 316 g/mol. The summed E-state index contributed by atoms with van der Waals surface area (Å²) in [6.45, 7) is 4.40. The third-order valence-electron chi connectivity index (χ3n) is 3.81. The molecule has 0 bridgehead atoms. The number of H-pyrrole nitrogens is 1. The molecule has 0 saturated heterocycles. The van der Waals surface area contributed by atoms with E-state index in [0.29, 0.717) is 5.25 Å². The van der Waals surface area contributed by atoms with Crippen LogP contribution in [-0.2, 0) is 0 Å². The van der Waals surface area contributed by atoms with Crippen molar-refractivity contribution >= 4 is 45.1 Å². The Morgan fingerprint density at radius 3 is 2.79 bits per heavy atom. The van der Waals surface area contributed by atoms with Crippen molar-refractivity contribution in [1.29, 1.82) is 0 Å². The summed E-state index contributed by atoms with van der Waals surface area (Å²) >= 11 is 1.86. The van der Waals surface area contributed by atoms with E-state index in [-0.39, 0.29) is 0 Å². The second-order valence-electron chi connectivity index (χ2n) is 5.95. The molecule has 24 heavy (non-hydrogen) atoms. The van der Waals surface area contributed by atoms with Gasteiger partial charge in [0.15, 0.2) is 5.82 Å². The summed E-state index contributed by atoms with van der Waals surface area (Å²) in [5.41, 5.74) is 3.02. The van der Waals surface area contributed by atoms with Crippen molar-refractivity contribution in [1.82, 2.24) is 15.2 Å². The number of hydrogen-bond acceptors (Lipinski definition) is 4. The van der Waals surface area contributed by atoms with Gasteiger partial charge < -0.3 is 5.32 Å². The lowest BCUT2D eigenvalue weighted by Gasteiger charge is -2.10. The fourth-order valence-corrected chi connectivity index (χ4v) is 3.64. The van der Waals surface area contributed by atoms with E-state index in [1.54, 1.807) is 0 Å². The van der Waals surface area contributed by atoms with Crippen LogP contribution in [0.1, 0.15) is 13.8 Å². The van der Waals surface area contributed by atoms with Gasteiger partial charge >= 0.3 is 0 Å². The van der Waals surface area contributed by atoms with Gasteiger partial charge in [-0.1, -0.05) is 26.0 Å². The van der Waals surface area contributed by atoms with Gasteiger partial charge in [0.1, 0.15) is 0 Å². The van der Waals surface area contributed by atoms with E-state index in [1.165, 1.54) is 4.90 Å². The largest absolute Gasteiger partial charge is 0.338 e. The van der Waals surface area contributed by atoms with Gasteiger partial charge in [0, 0.05) is 27.1 Å². The van der Waals surface area contributed by atoms with Gasteiger partial charge in [0.2, 0.25) is 0 Å². The number of aromatic nitrogens is 3. The number of anilines is 2. The van der Waals surface area contributed by atoms with Gasteiger partial charge in [0.25, 0.3) is 0 Å². The second kappa shape index (κ2) is 6.17. The lowest BCUT2D eigenvalue weighted by molar-refractivity contribution is 1.11. The summed E-state index contributed by atoms with van der Waals surface area (Å²) in [6.07, 6.45) is 1.83. The molecule has 0 radical (unpaired) electrons. The van der Waals surface area contributed by atoms with E-state index in [2.05, 4.69) is 58.6 Å². The van der Waals surface area contributed by atoms with Crippen molar-refractivity contribution in [3.8, 4) is 0 Å². The number of pyridine rings is 1. The molecule has 0 aliphatic carbocycles. The Morgan fingerprint density at radius 1 is 1.04 bits per heavy atom. The van der Waals surface area contributed by atoms with Crippen molar-refractivity contribution in [2.45, 2.75) is 24.0 Å². The van der Waals surface area contributed by atoms with Crippen LogP contribution in [0.4, 0.5) is 11.5 Å². The summed E-state index contributed by atoms with van der Waals surface area (Å²) in [5.74, 6) is 0.833. The lowest BCUT2D eigenvalue weighted by Crippen LogP contribution is -1.94. The molecule has 4 nitrogen and oxygen atoms in total. The third kappa shape index (κ3) is 2.83. The van der Waals surface area contributed by atoms with Gasteiger partial charge in [-0.3, -0.25) is 10.1 Å². The van der Waals surface area contributed by atoms with Crippen LogP contribution in [0.15, 0.2) is 59.6 Å². The Morgan fingerprint density at radius 2 is 1.92 bits per heavy atom. The summed E-state index contributed by atoms with van der Waals surface area (Å²) in [4.78, 5) is 5.73. The fourth-order valence-electron chi connectivity index (χ4n) is 2.77. The van der Waals surface area contributed by atoms with E-state index >= 15 is 0 Å². The fraction of sp³-hybridized carbons (Fsp3) is 0.158. The molecule has 0 spiro atoms. The maximum Gasteiger partial charge on any atom is 0.160 e. The number of aromatic amines is 1. The zero-order chi connectivity index (χ0) is 16.5. The van der Waals surface area contributed by atoms with Crippen molar-refractivity contribution in [3.63, 3.8) is 0 Å². The minimum absolute atomic E-state index is 0.547. The number of hydrogen-bond donors (Lipinski definition) is 2. The summed E-state index contributed by atoms with van der Waals surface area (Å²) < 4.78 is 0. The smallest absolute Gasteiger partial charge is 0.160 e. The quantitative estimate of drug-likeness (QED) is 0.494. The predicted octanol–water partition coefficient (Wildman–Crippen LogP) is 5.36. The number of benzene rings is 2. The van der Waals surface area contributed by atoms with E-state index in [1.807, 2.05) is 42.2 Å². The Labute approximate surface area is 144 Å². The van der Waals surface area contributed by atoms with Crippen LogP contribution in [0.25, 0.3) is 21.8 Å². The SMILES string of the molecule is CC(C)Sc1ccc2nccc(Nc3n[nH]c4ccccc34)c2c1. The molecule has 4 rings (SSSR count). The molecule has 0 aliphatic heterocycles. The number of para-hydroxylation sites is 1. The molecule has 0 saturated carbocycles. The summed E-state index contributed by atoms with van der Waals surface area (Å²) in [5, 5.41) is 13.7. The average molecular weight is 334 g/mol. The first-order valence-corrected chi connectivity index (χ1v) is 8.84. The third-order valence-corrected chi connectivity index (χ3v) is 4.81. The van der Waals surface area contributed by atoms with Crippen LogP contribution in [0.3, 0.4) is 0 Å². The monoisotopic (exact) mass is 334 g/mol. The topological polar surface area (TPSA) is 53.6 Å². The Hall–Kier alpha value is -2.53. The van der Waals surface area contributed by atoms with Gasteiger partial charge in [-0.15, -0.1) is 11.8 Å². The molecule has 2 N–H and O–H groups in total. The Balaban J connectivity index is 1.78. The van der Waals surface area contributed by atoms with Crippen LogP contribution in [-0.4, -0.2) is 20.4 Å². The number of nitrogens with zero attached hydrogens (tertiary/aromatic N) is 2. The maximum atomic E-state index is 4.48. The van der Waals surface area contributed by atoms with Crippen molar-refractivity contribution < 1.29 is 0 Å². The van der Waals surface area contributed by atoms with Gasteiger partial charge in [-0.05, 0) is 36.4 Å². The lowest BCUT2D eigenvalue weighted by atomic mass is 10.2. The molecule has 2 aromatic carbocycles. The highest BCUT2D eigenvalue weighted by Crippen LogP contribution is 2.32. The molecule has 120 valence electrons. The molecule has 2 aromatic heterocycles. The number of rotatable bonds is 4. The van der Waals surface area contributed by atoms with Crippen molar-refractivity contribution in [3.05, 3.63) is 54.7 Å². The number of nitrogens with one attached hydrogen (secondary N) is 2. The van der Waals surface area contributed by atoms with Crippen LogP contribution in [0, 0.1) is 0 Å². The first-order chi connectivity index (χ1) is 11.7. The highest BCUT2D eigenvalue weighted by atomic mass is 32.2. The summed E-state index contributed by atoms with van der Waals surface area (Å²) in [7, 11) is 0. The molecule has 0 atom stereocenters. The minimum atomic E-state index is 0.547. The zero-order valence-corrected chi connectivity index (χ0v) is 14.4. The molecule has 4 aromatic rings. The van der Waals surface area contributed by atoms with E-state index < -0.39 is 0 Å². The molecule has 0 aliphatic rings. The average Bonchev–Trinajstić information content (AvgIpc) is 2.98. The zero-order valence-electron chi connectivity index (χ0n) is 13.6. The highest BCUT2D eigenvalue weighted by molar-refractivity contribution is 7.99. The van der Waals surface area contributed by atoms with Crippen molar-refractivity contribution in [2.75, 3.05) is 5.32 Å². The maximum absolute atomic E-state index is 4.48. The molecular formula is C19H18N4S. The highest BCUT2D eigenvalue weighted by Gasteiger charge is 2.09. The van der Waals surface area contributed by atoms with Crippen LogP contribution < -0.4 is 5.32 Å². The van der Waals surface area contributed by atoms with E-state index in [0.717, 1.165) is 33.3 Å². The molecule has 0 fully saturated rings. The van der Waals surface area contributed by atoms with Crippen LogP contribution in [0.5, 0.6) is 0 Å². The molecule has 0 unspecified atom stereocenters. The predicted molar refractivity (Wildman–Crippen MR) is 102 cm³/mol. The number of thioether (sulfide) groups is 1. The van der Waals surface area contributed by atoms with Gasteiger partial charge in [-0.2, -0.15) is 5.10 Å². The first kappa shape index (κ1) is 15.0. The number of fused-ring (bicyclic) bond motifs is 2. The van der Waals surface area contributed by atoms with Crippen LogP contribution in [0.2, 0.25) is 0 Å². The summed E-state index contributed by atoms with van der Waals surface area (Å²) in [6, 6.07) is 16.5.